The molecule has 0 spiro atoms. The lowest BCUT2D eigenvalue weighted by Crippen LogP contribution is -2.50. The minimum atomic E-state index is -1.90. The molecule has 0 unspecified atom stereocenters. The van der Waals surface area contributed by atoms with Gasteiger partial charge >= 0.3 is 0 Å². The summed E-state index contributed by atoms with van der Waals surface area (Å²) in [5.74, 6) is 1.29. The molecule has 41 heavy (non-hydrogen) atoms. The zero-order chi connectivity index (χ0) is 29.0. The van der Waals surface area contributed by atoms with Crippen LogP contribution in [0.4, 0.5) is 5.69 Å². The van der Waals surface area contributed by atoms with Crippen molar-refractivity contribution in [1.29, 1.82) is 0 Å². The fraction of sp³-hybridized carbons (Fsp3) is 0.412. The Morgan fingerprint density at radius 3 is 2.32 bits per heavy atom. The molecule has 4 atom stereocenters. The normalized spacial score (nSPS) is 23.0. The number of anilines is 1. The van der Waals surface area contributed by atoms with Crippen molar-refractivity contribution in [3.63, 3.8) is 0 Å². The molecule has 216 valence electrons. The second kappa shape index (κ2) is 12.7. The Labute approximate surface area is 245 Å². The smallest absolute Gasteiger partial charge is 0.247 e. The molecule has 3 aromatic rings. The van der Waals surface area contributed by atoms with Gasteiger partial charge in [0.25, 0.3) is 0 Å². The molecule has 0 aliphatic carbocycles. The lowest BCUT2D eigenvalue weighted by molar-refractivity contribution is -0.118. The molecule has 2 aliphatic rings. The first kappa shape index (κ1) is 29.2. The third-order valence-electron chi connectivity index (χ3n) is 9.02. The van der Waals surface area contributed by atoms with Crippen LogP contribution < -0.4 is 14.9 Å². The second-order valence-corrected chi connectivity index (χ2v) is 16.6. The number of hydrogen-bond acceptors (Lipinski definition) is 5. The molecule has 3 aromatic carbocycles. The van der Waals surface area contributed by atoms with Crippen LogP contribution in [0.3, 0.4) is 0 Å². The van der Waals surface area contributed by atoms with Crippen molar-refractivity contribution in [2.75, 3.05) is 18.7 Å². The maximum atomic E-state index is 12.7. The van der Waals surface area contributed by atoms with Gasteiger partial charge in [-0.15, -0.1) is 0 Å². The summed E-state index contributed by atoms with van der Waals surface area (Å²) in [7, 11) is -0.203. The fourth-order valence-electron chi connectivity index (χ4n) is 6.75. The van der Waals surface area contributed by atoms with Gasteiger partial charge in [-0.3, -0.25) is 4.79 Å². The monoisotopic (exact) mass is 570 g/mol. The van der Waals surface area contributed by atoms with E-state index in [1.54, 1.807) is 12.1 Å². The molecular formula is C34H42N2O4Si. The Balaban J connectivity index is 1.26. The summed E-state index contributed by atoms with van der Waals surface area (Å²) in [6.45, 7) is 7.33. The van der Waals surface area contributed by atoms with E-state index in [9.17, 15) is 9.90 Å². The van der Waals surface area contributed by atoms with Crippen molar-refractivity contribution in [3.8, 4) is 5.75 Å². The van der Waals surface area contributed by atoms with Crippen molar-refractivity contribution in [2.24, 2.45) is 11.0 Å². The maximum absolute atomic E-state index is 12.7. The molecule has 5 rings (SSSR count). The van der Waals surface area contributed by atoms with Gasteiger partial charge in [0.2, 0.25) is 5.91 Å². The van der Waals surface area contributed by atoms with E-state index in [2.05, 4.69) is 56.4 Å². The summed E-state index contributed by atoms with van der Waals surface area (Å²) in [6.07, 6.45) is 3.81. The number of amides is 1. The largest absolute Gasteiger partial charge is 0.497 e. The molecule has 2 aliphatic heterocycles. The van der Waals surface area contributed by atoms with Crippen LogP contribution in [-0.4, -0.2) is 50.7 Å². The first-order valence-electron chi connectivity index (χ1n) is 14.8. The average molecular weight is 571 g/mol. The van der Waals surface area contributed by atoms with E-state index in [4.69, 9.17) is 14.6 Å². The number of nitrogens with zero attached hydrogens (tertiary/aromatic N) is 2. The Morgan fingerprint density at radius 2 is 1.66 bits per heavy atom. The average Bonchev–Trinajstić information content (AvgIpc) is 3.32. The topological polar surface area (TPSA) is 71.4 Å². The Morgan fingerprint density at radius 1 is 0.951 bits per heavy atom. The molecule has 2 heterocycles. The van der Waals surface area contributed by atoms with Gasteiger partial charge in [-0.2, -0.15) is 5.10 Å². The second-order valence-electron chi connectivity index (χ2n) is 11.9. The molecule has 1 amide bonds. The number of hydrazone groups is 1. The van der Waals surface area contributed by atoms with Crippen LogP contribution in [0, 0.1) is 5.92 Å². The van der Waals surface area contributed by atoms with Crippen LogP contribution in [-0.2, 0) is 16.0 Å². The van der Waals surface area contributed by atoms with Crippen LogP contribution in [0.5, 0.6) is 5.75 Å². The molecule has 0 radical (unpaired) electrons. The number of methoxy groups -OCH3 is 1. The molecular weight excluding hydrogens is 528 g/mol. The predicted molar refractivity (Wildman–Crippen MR) is 168 cm³/mol. The van der Waals surface area contributed by atoms with E-state index in [0.717, 1.165) is 35.6 Å². The quantitative estimate of drug-likeness (QED) is 0.307. The Bertz CT molecular complexity index is 1340. The number of carbonyl (C=O) groups is 1. The van der Waals surface area contributed by atoms with E-state index in [1.165, 1.54) is 10.8 Å². The highest BCUT2D eigenvalue weighted by Crippen LogP contribution is 2.46. The molecule has 6 nitrogen and oxygen atoms in total. The molecule has 1 fully saturated rings. The summed E-state index contributed by atoms with van der Waals surface area (Å²) in [6, 6.07) is 26.8. The molecule has 0 saturated carbocycles. The van der Waals surface area contributed by atoms with E-state index >= 15 is 0 Å². The van der Waals surface area contributed by atoms with Crippen molar-refractivity contribution in [2.45, 2.75) is 69.9 Å². The van der Waals surface area contributed by atoms with Crippen LogP contribution in [0.25, 0.3) is 0 Å². The number of aliphatic hydroxyl groups excluding tert-OH is 1. The van der Waals surface area contributed by atoms with E-state index in [-0.39, 0.29) is 24.7 Å². The Hall–Kier alpha value is -3.26. The number of rotatable bonds is 10. The molecule has 1 saturated heterocycles. The maximum Gasteiger partial charge on any atom is 0.247 e. The van der Waals surface area contributed by atoms with Crippen molar-refractivity contribution >= 4 is 30.6 Å². The van der Waals surface area contributed by atoms with E-state index in [0.29, 0.717) is 30.7 Å². The summed E-state index contributed by atoms with van der Waals surface area (Å²) in [5.41, 5.74) is 4.43. The zero-order valence-corrected chi connectivity index (χ0v) is 25.6. The van der Waals surface area contributed by atoms with Crippen LogP contribution in [0.15, 0.2) is 84.0 Å². The van der Waals surface area contributed by atoms with E-state index in [1.807, 2.05) is 42.5 Å². The van der Waals surface area contributed by atoms with Crippen molar-refractivity contribution in [3.05, 3.63) is 90.0 Å². The van der Waals surface area contributed by atoms with Gasteiger partial charge in [-0.1, -0.05) is 79.8 Å². The lowest BCUT2D eigenvalue weighted by Gasteiger charge is -2.36. The summed E-state index contributed by atoms with van der Waals surface area (Å²) < 4.78 is 12.0. The minimum absolute atomic E-state index is 0.0234. The number of carbonyl (C=O) groups excluding carboxylic acids is 1. The first-order valence-corrected chi connectivity index (χ1v) is 17.8. The molecule has 0 aromatic heterocycles. The number of ether oxygens (including phenoxy) is 2. The SMILES string of the molecule is COc1ccc([Si](C)(C)[C@@H]2[C@@H](C)[C@@H](CCc3ccc(N4N=C(c5ccccc5)CCC4=O)cc3)O[C@H]2CCO)cc1. The van der Waals surface area contributed by atoms with Gasteiger partial charge in [0.15, 0.2) is 0 Å². The summed E-state index contributed by atoms with van der Waals surface area (Å²) in [4.78, 5) is 12.7. The van der Waals surface area contributed by atoms with E-state index < -0.39 is 8.07 Å². The first-order chi connectivity index (χ1) is 19.8. The Kier molecular flexibility index (Phi) is 9.07. The van der Waals surface area contributed by atoms with Crippen LogP contribution >= 0.6 is 0 Å². The standard InChI is InChI=1S/C34H42N2O4Si/c1-24-31(40-32(22-23-37)34(24)41(3,4)29-17-15-28(39-2)16-18-29)20-12-25-10-13-27(14-11-25)36-33(38)21-19-30(35-36)26-8-6-5-7-9-26/h5-11,13-18,24,31-32,34,37H,12,19-23H2,1-4H3/t24-,31+,32-,34+/m0/s1. The molecule has 0 bridgehead atoms. The van der Waals surface area contributed by atoms with Crippen molar-refractivity contribution < 1.29 is 19.4 Å². The molecule has 1 N–H and O–H groups in total. The number of hydrogen-bond donors (Lipinski definition) is 1. The van der Waals surface area contributed by atoms with Crippen molar-refractivity contribution in [1.82, 2.24) is 0 Å². The van der Waals surface area contributed by atoms with Gasteiger partial charge < -0.3 is 14.6 Å². The fourth-order valence-corrected chi connectivity index (χ4v) is 10.9. The van der Waals surface area contributed by atoms with Gasteiger partial charge in [0.05, 0.1) is 38.8 Å². The van der Waals surface area contributed by atoms with Gasteiger partial charge in [-0.05, 0) is 66.1 Å². The minimum Gasteiger partial charge on any atom is -0.497 e. The number of benzene rings is 3. The summed E-state index contributed by atoms with van der Waals surface area (Å²) in [5, 5.41) is 17.5. The zero-order valence-electron chi connectivity index (χ0n) is 24.6. The predicted octanol–water partition coefficient (Wildman–Crippen LogP) is 5.93. The van der Waals surface area contributed by atoms with Gasteiger partial charge in [0, 0.05) is 19.4 Å². The summed E-state index contributed by atoms with van der Waals surface area (Å²) >= 11 is 0. The lowest BCUT2D eigenvalue weighted by atomic mass is 9.95. The van der Waals surface area contributed by atoms with Gasteiger partial charge in [-0.25, -0.2) is 5.01 Å². The highest BCUT2D eigenvalue weighted by atomic mass is 28.3. The molecule has 7 heteroatoms. The third kappa shape index (κ3) is 6.32. The number of aliphatic hydroxyl groups is 1. The third-order valence-corrected chi connectivity index (χ3v) is 13.4. The van der Waals surface area contributed by atoms with Gasteiger partial charge in [0.1, 0.15) is 5.75 Å². The van der Waals surface area contributed by atoms with Crippen LogP contribution in [0.1, 0.15) is 43.7 Å². The highest BCUT2D eigenvalue weighted by molar-refractivity contribution is 6.91. The number of aryl methyl sites for hydroxylation is 1. The highest BCUT2D eigenvalue weighted by Gasteiger charge is 2.50. The van der Waals surface area contributed by atoms with Crippen LogP contribution in [0.2, 0.25) is 18.6 Å².